The molecule has 1 aromatic heterocycles. The summed E-state index contributed by atoms with van der Waals surface area (Å²) in [6.07, 6.45) is 0. The highest BCUT2D eigenvalue weighted by Crippen LogP contribution is 2.41. The van der Waals surface area contributed by atoms with Crippen LogP contribution < -0.4 is 10.1 Å². The molecule has 0 aliphatic carbocycles. The number of carbonyl (C=O) groups excluding carboxylic acids is 2. The number of amides is 1. The number of morpholine rings is 1. The van der Waals surface area contributed by atoms with E-state index in [1.54, 1.807) is 28.9 Å². The molecule has 1 N–H and O–H groups in total. The number of fused-ring (bicyclic) bond motifs is 3. The first-order valence-electron chi connectivity index (χ1n) is 13.3. The van der Waals surface area contributed by atoms with Crippen molar-refractivity contribution in [2.24, 2.45) is 5.92 Å². The number of benzene rings is 3. The molecule has 1 unspecified atom stereocenters. The van der Waals surface area contributed by atoms with Gasteiger partial charge in [-0.3, -0.25) is 14.5 Å². The van der Waals surface area contributed by atoms with E-state index in [-0.39, 0.29) is 12.3 Å². The van der Waals surface area contributed by atoms with Gasteiger partial charge in [0.2, 0.25) is 11.7 Å². The predicted molar refractivity (Wildman–Crippen MR) is 153 cm³/mol. The summed E-state index contributed by atoms with van der Waals surface area (Å²) in [5.74, 6) is -2.40. The molecule has 6 rings (SSSR count). The molecule has 9 nitrogen and oxygen atoms in total. The molecule has 3 heterocycles. The molecular formula is C31H26ClN5O4. The van der Waals surface area contributed by atoms with Crippen LogP contribution in [0.4, 0.5) is 5.69 Å². The standard InChI is InChI=1S/C31H26ClN5O4/c32-21-5-4-6-22(16-21)34-31(39)25(17-33)30(38)28-26-19-41-27-10-9-20(18-36-11-13-40-14-12-36)15-24(27)29(26)37(35-28)23-7-2-1-3-8-23/h1-10,15-16,25H,11-14,18-19H2,(H,34,39). The minimum absolute atomic E-state index is 0.0286. The van der Waals surface area contributed by atoms with E-state index < -0.39 is 17.6 Å². The van der Waals surface area contributed by atoms with Gasteiger partial charge >= 0.3 is 0 Å². The number of ether oxygens (including phenoxy) is 2. The number of nitrogens with zero attached hydrogens (tertiary/aromatic N) is 4. The second-order valence-electron chi connectivity index (χ2n) is 9.86. The number of para-hydroxylation sites is 1. The fourth-order valence-electron chi connectivity index (χ4n) is 5.13. The molecule has 2 aliphatic heterocycles. The molecule has 0 spiro atoms. The van der Waals surface area contributed by atoms with E-state index in [1.165, 1.54) is 0 Å². The molecule has 1 fully saturated rings. The van der Waals surface area contributed by atoms with E-state index >= 15 is 0 Å². The summed E-state index contributed by atoms with van der Waals surface area (Å²) in [4.78, 5) is 29.2. The van der Waals surface area contributed by atoms with Crippen LogP contribution in [0.2, 0.25) is 5.02 Å². The van der Waals surface area contributed by atoms with Gasteiger partial charge in [-0.1, -0.05) is 41.9 Å². The average Bonchev–Trinajstić information content (AvgIpc) is 3.39. The van der Waals surface area contributed by atoms with E-state index in [0.717, 1.165) is 36.4 Å². The van der Waals surface area contributed by atoms with Gasteiger partial charge in [0.15, 0.2) is 5.92 Å². The maximum Gasteiger partial charge on any atom is 0.249 e. The van der Waals surface area contributed by atoms with Crippen molar-refractivity contribution in [1.82, 2.24) is 14.7 Å². The van der Waals surface area contributed by atoms with E-state index in [1.807, 2.05) is 48.5 Å². The molecule has 4 aromatic rings. The Balaban J connectivity index is 1.39. The maximum absolute atomic E-state index is 13.8. The number of hydrogen-bond donors (Lipinski definition) is 1. The van der Waals surface area contributed by atoms with Gasteiger partial charge in [0.1, 0.15) is 18.1 Å². The molecule has 1 amide bonds. The minimum Gasteiger partial charge on any atom is -0.488 e. The lowest BCUT2D eigenvalue weighted by Crippen LogP contribution is -2.35. The SMILES string of the molecule is N#CC(C(=O)Nc1cccc(Cl)c1)C(=O)c1nn(-c2ccccc2)c2c1COc1ccc(CN3CCOCC3)cc1-2. The number of anilines is 1. The topological polar surface area (TPSA) is 109 Å². The summed E-state index contributed by atoms with van der Waals surface area (Å²) in [5, 5.41) is 17.6. The number of Topliss-reactive ketones (excluding diaryl/α,β-unsaturated/α-hetero) is 1. The number of rotatable bonds is 7. The lowest BCUT2D eigenvalue weighted by molar-refractivity contribution is -0.117. The monoisotopic (exact) mass is 567 g/mol. The van der Waals surface area contributed by atoms with Crippen molar-refractivity contribution < 1.29 is 19.1 Å². The lowest BCUT2D eigenvalue weighted by Gasteiger charge is -2.27. The van der Waals surface area contributed by atoms with Gasteiger partial charge in [-0.2, -0.15) is 10.4 Å². The van der Waals surface area contributed by atoms with Crippen LogP contribution in [0.3, 0.4) is 0 Å². The second kappa shape index (κ2) is 11.6. The zero-order valence-corrected chi connectivity index (χ0v) is 22.8. The van der Waals surface area contributed by atoms with E-state index in [9.17, 15) is 14.9 Å². The first kappa shape index (κ1) is 26.7. The Morgan fingerprint density at radius 1 is 1.05 bits per heavy atom. The van der Waals surface area contributed by atoms with Crippen LogP contribution in [0, 0.1) is 17.2 Å². The van der Waals surface area contributed by atoms with Crippen LogP contribution in [-0.4, -0.2) is 52.7 Å². The van der Waals surface area contributed by atoms with Crippen molar-refractivity contribution >= 4 is 29.0 Å². The zero-order valence-electron chi connectivity index (χ0n) is 22.0. The van der Waals surface area contributed by atoms with E-state index in [0.29, 0.717) is 40.9 Å². The fraction of sp³-hybridized carbons (Fsp3) is 0.226. The number of nitrogens with one attached hydrogen (secondary N) is 1. The molecule has 10 heteroatoms. The van der Waals surface area contributed by atoms with E-state index in [2.05, 4.69) is 21.4 Å². The van der Waals surface area contributed by atoms with Crippen LogP contribution in [0.1, 0.15) is 21.6 Å². The van der Waals surface area contributed by atoms with Crippen LogP contribution in [0.15, 0.2) is 72.8 Å². The number of nitriles is 1. The summed E-state index contributed by atoms with van der Waals surface area (Å²) >= 11 is 6.03. The largest absolute Gasteiger partial charge is 0.488 e. The van der Waals surface area contributed by atoms with E-state index in [4.69, 9.17) is 21.1 Å². The highest BCUT2D eigenvalue weighted by Gasteiger charge is 2.36. The minimum atomic E-state index is -1.62. The average molecular weight is 568 g/mol. The zero-order chi connectivity index (χ0) is 28.3. The number of halogens is 1. The first-order valence-corrected chi connectivity index (χ1v) is 13.6. The van der Waals surface area contributed by atoms with Crippen LogP contribution in [0.25, 0.3) is 16.9 Å². The number of ketones is 1. The number of hydrogen-bond acceptors (Lipinski definition) is 7. The summed E-state index contributed by atoms with van der Waals surface area (Å²) in [6, 6.07) is 23.9. The Kier molecular flexibility index (Phi) is 7.53. The maximum atomic E-state index is 13.8. The van der Waals surface area contributed by atoms with Crippen LogP contribution in [0.5, 0.6) is 5.75 Å². The fourth-order valence-corrected chi connectivity index (χ4v) is 5.32. The summed E-state index contributed by atoms with van der Waals surface area (Å²) in [7, 11) is 0. The molecule has 1 atom stereocenters. The smallest absolute Gasteiger partial charge is 0.249 e. The van der Waals surface area contributed by atoms with Gasteiger partial charge < -0.3 is 14.8 Å². The van der Waals surface area contributed by atoms with Crippen molar-refractivity contribution in [1.29, 1.82) is 5.26 Å². The van der Waals surface area contributed by atoms with Gasteiger partial charge in [0, 0.05) is 41.5 Å². The van der Waals surface area contributed by atoms with Crippen molar-refractivity contribution in [3.8, 4) is 28.8 Å². The quantitative estimate of drug-likeness (QED) is 0.250. The third-order valence-corrected chi connectivity index (χ3v) is 7.38. The molecule has 2 aliphatic rings. The molecule has 0 radical (unpaired) electrons. The molecule has 41 heavy (non-hydrogen) atoms. The number of carbonyl (C=O) groups is 2. The van der Waals surface area contributed by atoms with Crippen LogP contribution >= 0.6 is 11.6 Å². The Hall–Kier alpha value is -4.49. The highest BCUT2D eigenvalue weighted by atomic mass is 35.5. The molecular weight excluding hydrogens is 542 g/mol. The molecule has 0 bridgehead atoms. The molecule has 1 saturated heterocycles. The van der Waals surface area contributed by atoms with Crippen molar-refractivity contribution in [2.45, 2.75) is 13.2 Å². The van der Waals surface area contributed by atoms with Gasteiger partial charge in [0.25, 0.3) is 0 Å². The predicted octanol–water partition coefficient (Wildman–Crippen LogP) is 4.88. The second-order valence-corrected chi connectivity index (χ2v) is 10.3. The Bertz CT molecular complexity index is 1660. The van der Waals surface area contributed by atoms with Gasteiger partial charge in [0.05, 0.1) is 30.7 Å². The molecule has 206 valence electrons. The first-order chi connectivity index (χ1) is 20.0. The number of aromatic nitrogens is 2. The summed E-state index contributed by atoms with van der Waals surface area (Å²) in [6.45, 7) is 3.94. The lowest BCUT2D eigenvalue weighted by atomic mass is 9.95. The highest BCUT2D eigenvalue weighted by molar-refractivity contribution is 6.31. The van der Waals surface area contributed by atoms with Crippen molar-refractivity contribution in [3.05, 3.63) is 94.6 Å². The van der Waals surface area contributed by atoms with Crippen molar-refractivity contribution in [2.75, 3.05) is 31.6 Å². The normalized spacial score (nSPS) is 15.1. The van der Waals surface area contributed by atoms with Gasteiger partial charge in [-0.25, -0.2) is 4.68 Å². The Morgan fingerprint density at radius 2 is 1.85 bits per heavy atom. The van der Waals surface area contributed by atoms with Gasteiger partial charge in [-0.05, 0) is 48.0 Å². The van der Waals surface area contributed by atoms with Crippen molar-refractivity contribution in [3.63, 3.8) is 0 Å². The summed E-state index contributed by atoms with van der Waals surface area (Å²) < 4.78 is 13.3. The Morgan fingerprint density at radius 3 is 2.61 bits per heavy atom. The molecule has 0 saturated carbocycles. The van der Waals surface area contributed by atoms with Gasteiger partial charge in [-0.15, -0.1) is 0 Å². The Labute approximate surface area is 241 Å². The van der Waals surface area contributed by atoms with Crippen LogP contribution in [-0.2, 0) is 22.7 Å². The molecule has 3 aromatic carbocycles. The third kappa shape index (κ3) is 5.45. The third-order valence-electron chi connectivity index (χ3n) is 7.14. The summed E-state index contributed by atoms with van der Waals surface area (Å²) in [5.41, 5.74) is 4.28.